The minimum absolute atomic E-state index is 0.218. The van der Waals surface area contributed by atoms with Gasteiger partial charge in [0.2, 0.25) is 5.75 Å². The highest BCUT2D eigenvalue weighted by Gasteiger charge is 2.22. The quantitative estimate of drug-likeness (QED) is 0.852. The van der Waals surface area contributed by atoms with E-state index < -0.39 is 0 Å². The SMILES string of the molecule is COc1cc(C2C=Cc3ccccc32)cc(OC)c1OC. The lowest BCUT2D eigenvalue weighted by atomic mass is 9.92. The topological polar surface area (TPSA) is 27.7 Å². The van der Waals surface area contributed by atoms with Crippen LogP contribution in [0.3, 0.4) is 0 Å². The maximum atomic E-state index is 5.44. The zero-order valence-corrected chi connectivity index (χ0v) is 12.4. The van der Waals surface area contributed by atoms with E-state index in [0.29, 0.717) is 17.2 Å². The van der Waals surface area contributed by atoms with Crippen LogP contribution < -0.4 is 14.2 Å². The predicted octanol–water partition coefficient (Wildman–Crippen LogP) is 3.87. The first kappa shape index (κ1) is 13.6. The fraction of sp³-hybridized carbons (Fsp3) is 0.222. The first-order valence-electron chi connectivity index (χ1n) is 6.85. The lowest BCUT2D eigenvalue weighted by molar-refractivity contribution is 0.324. The van der Waals surface area contributed by atoms with Crippen molar-refractivity contribution in [2.24, 2.45) is 0 Å². The molecule has 0 heterocycles. The van der Waals surface area contributed by atoms with E-state index >= 15 is 0 Å². The Labute approximate surface area is 124 Å². The number of benzene rings is 2. The third-order valence-corrected chi connectivity index (χ3v) is 3.85. The maximum Gasteiger partial charge on any atom is 0.203 e. The van der Waals surface area contributed by atoms with E-state index in [4.69, 9.17) is 14.2 Å². The molecule has 0 saturated heterocycles. The van der Waals surface area contributed by atoms with Gasteiger partial charge in [-0.05, 0) is 28.8 Å². The number of fused-ring (bicyclic) bond motifs is 1. The average Bonchev–Trinajstić information content (AvgIpc) is 2.97. The van der Waals surface area contributed by atoms with Crippen LogP contribution in [0.2, 0.25) is 0 Å². The van der Waals surface area contributed by atoms with Crippen LogP contribution in [0.25, 0.3) is 6.08 Å². The molecule has 1 aliphatic rings. The normalized spacial score (nSPS) is 15.7. The van der Waals surface area contributed by atoms with Gasteiger partial charge in [0.15, 0.2) is 11.5 Å². The highest BCUT2D eigenvalue weighted by atomic mass is 16.5. The second-order valence-corrected chi connectivity index (χ2v) is 4.92. The van der Waals surface area contributed by atoms with E-state index in [-0.39, 0.29) is 5.92 Å². The Bertz CT molecular complexity index is 664. The van der Waals surface area contributed by atoms with E-state index in [1.807, 2.05) is 12.1 Å². The van der Waals surface area contributed by atoms with Crippen LogP contribution in [-0.4, -0.2) is 21.3 Å². The van der Waals surface area contributed by atoms with Gasteiger partial charge in [-0.1, -0.05) is 36.4 Å². The molecule has 0 amide bonds. The molecule has 0 spiro atoms. The molecule has 0 fully saturated rings. The number of allylic oxidation sites excluding steroid dienone is 1. The van der Waals surface area contributed by atoms with Crippen molar-refractivity contribution in [2.45, 2.75) is 5.92 Å². The highest BCUT2D eigenvalue weighted by molar-refractivity contribution is 5.67. The maximum absolute atomic E-state index is 5.44. The summed E-state index contributed by atoms with van der Waals surface area (Å²) < 4.78 is 16.3. The summed E-state index contributed by atoms with van der Waals surface area (Å²) in [7, 11) is 4.89. The summed E-state index contributed by atoms with van der Waals surface area (Å²) in [4.78, 5) is 0. The van der Waals surface area contributed by atoms with Crippen LogP contribution in [-0.2, 0) is 0 Å². The van der Waals surface area contributed by atoms with Crippen LogP contribution >= 0.6 is 0 Å². The summed E-state index contributed by atoms with van der Waals surface area (Å²) in [6.07, 6.45) is 4.36. The second kappa shape index (κ2) is 5.52. The molecule has 21 heavy (non-hydrogen) atoms. The third-order valence-electron chi connectivity index (χ3n) is 3.85. The van der Waals surface area contributed by atoms with Gasteiger partial charge in [-0.15, -0.1) is 0 Å². The van der Waals surface area contributed by atoms with Crippen molar-refractivity contribution in [3.8, 4) is 17.2 Å². The number of ether oxygens (including phenoxy) is 3. The summed E-state index contributed by atoms with van der Waals surface area (Å²) in [5, 5.41) is 0. The number of hydrogen-bond donors (Lipinski definition) is 0. The molecule has 0 aliphatic heterocycles. The molecular formula is C18H18O3. The van der Waals surface area contributed by atoms with Gasteiger partial charge < -0.3 is 14.2 Å². The van der Waals surface area contributed by atoms with Crippen LogP contribution in [0.4, 0.5) is 0 Å². The van der Waals surface area contributed by atoms with Crippen LogP contribution in [0.15, 0.2) is 42.5 Å². The lowest BCUT2D eigenvalue weighted by Crippen LogP contribution is -2.00. The Morgan fingerprint density at radius 1 is 0.857 bits per heavy atom. The molecule has 3 heteroatoms. The van der Waals surface area contributed by atoms with Crippen molar-refractivity contribution in [1.29, 1.82) is 0 Å². The van der Waals surface area contributed by atoms with Gasteiger partial charge in [-0.2, -0.15) is 0 Å². The fourth-order valence-corrected chi connectivity index (χ4v) is 2.82. The monoisotopic (exact) mass is 282 g/mol. The van der Waals surface area contributed by atoms with Crippen molar-refractivity contribution < 1.29 is 14.2 Å². The summed E-state index contributed by atoms with van der Waals surface area (Å²) in [6.45, 7) is 0. The Morgan fingerprint density at radius 2 is 1.52 bits per heavy atom. The Balaban J connectivity index is 2.10. The van der Waals surface area contributed by atoms with Crippen LogP contribution in [0.1, 0.15) is 22.6 Å². The molecule has 0 bridgehead atoms. The van der Waals surface area contributed by atoms with Crippen LogP contribution in [0, 0.1) is 0 Å². The van der Waals surface area contributed by atoms with E-state index in [1.54, 1.807) is 21.3 Å². The third kappa shape index (κ3) is 2.25. The van der Waals surface area contributed by atoms with Gasteiger partial charge in [-0.25, -0.2) is 0 Å². The second-order valence-electron chi connectivity index (χ2n) is 4.92. The van der Waals surface area contributed by atoms with Gasteiger partial charge in [-0.3, -0.25) is 0 Å². The molecule has 3 rings (SSSR count). The van der Waals surface area contributed by atoms with Crippen molar-refractivity contribution in [2.75, 3.05) is 21.3 Å². The summed E-state index contributed by atoms with van der Waals surface area (Å²) >= 11 is 0. The minimum atomic E-state index is 0.218. The standard InChI is InChI=1S/C18H18O3/c1-19-16-10-13(11-17(20-2)18(16)21-3)15-9-8-12-6-4-5-7-14(12)15/h4-11,15H,1-3H3. The zero-order valence-electron chi connectivity index (χ0n) is 12.4. The van der Waals surface area contributed by atoms with Gasteiger partial charge in [0.1, 0.15) is 0 Å². The van der Waals surface area contributed by atoms with Gasteiger partial charge in [0.05, 0.1) is 21.3 Å². The number of hydrogen-bond acceptors (Lipinski definition) is 3. The van der Waals surface area contributed by atoms with Crippen molar-refractivity contribution in [3.63, 3.8) is 0 Å². The summed E-state index contributed by atoms with van der Waals surface area (Å²) in [6, 6.07) is 12.4. The molecular weight excluding hydrogens is 264 g/mol. The minimum Gasteiger partial charge on any atom is -0.493 e. The van der Waals surface area contributed by atoms with Crippen molar-refractivity contribution in [1.82, 2.24) is 0 Å². The van der Waals surface area contributed by atoms with Gasteiger partial charge >= 0.3 is 0 Å². The number of rotatable bonds is 4. The molecule has 0 saturated carbocycles. The molecule has 1 atom stereocenters. The molecule has 2 aromatic rings. The van der Waals surface area contributed by atoms with Crippen molar-refractivity contribution >= 4 is 6.08 Å². The molecule has 1 aliphatic carbocycles. The molecule has 1 unspecified atom stereocenters. The summed E-state index contributed by atoms with van der Waals surface area (Å²) in [5.74, 6) is 2.21. The first-order chi connectivity index (χ1) is 10.3. The lowest BCUT2D eigenvalue weighted by Gasteiger charge is -2.17. The van der Waals surface area contributed by atoms with Crippen molar-refractivity contribution in [3.05, 3.63) is 59.2 Å². The molecule has 0 radical (unpaired) electrons. The van der Waals surface area contributed by atoms with Gasteiger partial charge in [0, 0.05) is 5.92 Å². The Kier molecular flexibility index (Phi) is 3.57. The predicted molar refractivity (Wildman–Crippen MR) is 83.4 cm³/mol. The zero-order chi connectivity index (χ0) is 14.8. The smallest absolute Gasteiger partial charge is 0.203 e. The Morgan fingerprint density at radius 3 is 2.14 bits per heavy atom. The Hall–Kier alpha value is -2.42. The largest absolute Gasteiger partial charge is 0.493 e. The number of methoxy groups -OCH3 is 3. The van der Waals surface area contributed by atoms with Crippen LogP contribution in [0.5, 0.6) is 17.2 Å². The molecule has 3 nitrogen and oxygen atoms in total. The molecule has 0 N–H and O–H groups in total. The highest BCUT2D eigenvalue weighted by Crippen LogP contribution is 2.43. The van der Waals surface area contributed by atoms with Gasteiger partial charge in [0.25, 0.3) is 0 Å². The van der Waals surface area contributed by atoms with E-state index in [1.165, 1.54) is 11.1 Å². The van der Waals surface area contributed by atoms with E-state index in [9.17, 15) is 0 Å². The average molecular weight is 282 g/mol. The molecule has 0 aromatic heterocycles. The van der Waals surface area contributed by atoms with E-state index in [0.717, 1.165) is 5.56 Å². The molecule has 108 valence electrons. The summed E-state index contributed by atoms with van der Waals surface area (Å²) in [5.41, 5.74) is 3.69. The fourth-order valence-electron chi connectivity index (χ4n) is 2.82. The molecule has 2 aromatic carbocycles. The van der Waals surface area contributed by atoms with E-state index in [2.05, 4.69) is 36.4 Å². The first-order valence-corrected chi connectivity index (χ1v) is 6.85.